The number of oxazole rings is 1. The molecule has 25 heavy (non-hydrogen) atoms. The zero-order chi connectivity index (χ0) is 17.9. The molecule has 136 valence electrons. The SMILES string of the molecule is CCNC(=NCCOCC)NCCc1coc(-c2ccc(F)cc2)n1. The fraction of sp³-hybridized carbons (Fsp3) is 0.444. The van der Waals surface area contributed by atoms with Gasteiger partial charge in [-0.25, -0.2) is 9.37 Å². The van der Waals surface area contributed by atoms with Gasteiger partial charge in [0.2, 0.25) is 5.89 Å². The molecule has 1 aromatic heterocycles. The maximum absolute atomic E-state index is 13.0. The van der Waals surface area contributed by atoms with E-state index in [0.29, 0.717) is 38.6 Å². The second kappa shape index (κ2) is 10.5. The Kier molecular flexibility index (Phi) is 7.91. The van der Waals surface area contributed by atoms with Crippen molar-refractivity contribution in [2.45, 2.75) is 20.3 Å². The quantitative estimate of drug-likeness (QED) is 0.414. The van der Waals surface area contributed by atoms with Gasteiger partial charge in [0.25, 0.3) is 0 Å². The highest BCUT2D eigenvalue weighted by molar-refractivity contribution is 5.79. The van der Waals surface area contributed by atoms with Crippen molar-refractivity contribution in [3.8, 4) is 11.5 Å². The summed E-state index contributed by atoms with van der Waals surface area (Å²) >= 11 is 0. The van der Waals surface area contributed by atoms with Crippen LogP contribution in [0.2, 0.25) is 0 Å². The predicted octanol–water partition coefficient (Wildman–Crippen LogP) is 2.61. The summed E-state index contributed by atoms with van der Waals surface area (Å²) in [5, 5.41) is 6.44. The summed E-state index contributed by atoms with van der Waals surface area (Å²) in [6.07, 6.45) is 2.32. The van der Waals surface area contributed by atoms with Gasteiger partial charge in [0.1, 0.15) is 12.1 Å². The van der Waals surface area contributed by atoms with Gasteiger partial charge in [0, 0.05) is 31.7 Å². The summed E-state index contributed by atoms with van der Waals surface area (Å²) in [4.78, 5) is 8.86. The molecular weight excluding hydrogens is 323 g/mol. The molecule has 6 nitrogen and oxygen atoms in total. The highest BCUT2D eigenvalue weighted by Crippen LogP contribution is 2.18. The van der Waals surface area contributed by atoms with Gasteiger partial charge in [0.15, 0.2) is 5.96 Å². The molecule has 0 aliphatic rings. The Hall–Kier alpha value is -2.41. The molecule has 0 amide bonds. The lowest BCUT2D eigenvalue weighted by Gasteiger charge is -2.10. The highest BCUT2D eigenvalue weighted by Gasteiger charge is 2.07. The van der Waals surface area contributed by atoms with Crippen molar-refractivity contribution >= 4 is 5.96 Å². The van der Waals surface area contributed by atoms with E-state index in [9.17, 15) is 4.39 Å². The summed E-state index contributed by atoms with van der Waals surface area (Å²) < 4.78 is 23.7. The Bertz CT molecular complexity index is 655. The minimum Gasteiger partial charge on any atom is -0.444 e. The Morgan fingerprint density at radius 2 is 2.04 bits per heavy atom. The minimum absolute atomic E-state index is 0.278. The molecule has 1 aromatic carbocycles. The molecule has 0 saturated carbocycles. The van der Waals surface area contributed by atoms with Crippen LogP contribution in [-0.4, -0.2) is 43.8 Å². The Labute approximate surface area is 147 Å². The van der Waals surface area contributed by atoms with E-state index >= 15 is 0 Å². The molecule has 0 aliphatic carbocycles. The number of guanidine groups is 1. The average Bonchev–Trinajstić information content (AvgIpc) is 3.08. The van der Waals surface area contributed by atoms with Crippen molar-refractivity contribution in [1.82, 2.24) is 15.6 Å². The molecule has 0 bridgehead atoms. The van der Waals surface area contributed by atoms with Gasteiger partial charge in [-0.1, -0.05) is 0 Å². The van der Waals surface area contributed by atoms with E-state index in [2.05, 4.69) is 20.6 Å². The first kappa shape index (κ1) is 18.9. The summed E-state index contributed by atoms with van der Waals surface area (Å²) in [5.41, 5.74) is 1.59. The normalized spacial score (nSPS) is 11.6. The fourth-order valence-corrected chi connectivity index (χ4v) is 2.16. The number of nitrogens with zero attached hydrogens (tertiary/aromatic N) is 2. The first-order chi connectivity index (χ1) is 12.2. The molecule has 2 rings (SSSR count). The number of aromatic nitrogens is 1. The van der Waals surface area contributed by atoms with Crippen LogP contribution in [0, 0.1) is 5.82 Å². The predicted molar refractivity (Wildman–Crippen MR) is 96.1 cm³/mol. The Morgan fingerprint density at radius 3 is 2.76 bits per heavy atom. The van der Waals surface area contributed by atoms with Crippen LogP contribution >= 0.6 is 0 Å². The van der Waals surface area contributed by atoms with Crippen LogP contribution in [0.3, 0.4) is 0 Å². The molecule has 0 radical (unpaired) electrons. The molecule has 1 heterocycles. The van der Waals surface area contributed by atoms with Crippen molar-refractivity contribution in [1.29, 1.82) is 0 Å². The minimum atomic E-state index is -0.278. The standard InChI is InChI=1S/C18H25FN4O2/c1-3-20-18(22-11-12-24-4-2)21-10-9-16-13-25-17(23-16)14-5-7-15(19)8-6-14/h5-8,13H,3-4,9-12H2,1-2H3,(H2,20,21,22). The molecule has 0 saturated heterocycles. The van der Waals surface area contributed by atoms with E-state index < -0.39 is 0 Å². The third-order valence-electron chi connectivity index (χ3n) is 3.37. The lowest BCUT2D eigenvalue weighted by Crippen LogP contribution is -2.38. The van der Waals surface area contributed by atoms with Crippen LogP contribution in [0.25, 0.3) is 11.5 Å². The van der Waals surface area contributed by atoms with Crippen molar-refractivity contribution in [2.75, 3.05) is 32.8 Å². The number of nitrogens with one attached hydrogen (secondary N) is 2. The second-order valence-corrected chi connectivity index (χ2v) is 5.29. The number of ether oxygens (including phenoxy) is 1. The first-order valence-corrected chi connectivity index (χ1v) is 8.53. The second-order valence-electron chi connectivity index (χ2n) is 5.29. The van der Waals surface area contributed by atoms with Crippen molar-refractivity contribution in [3.05, 3.63) is 42.0 Å². The van der Waals surface area contributed by atoms with Crippen molar-refractivity contribution in [3.63, 3.8) is 0 Å². The molecular formula is C18H25FN4O2. The van der Waals surface area contributed by atoms with Crippen LogP contribution in [-0.2, 0) is 11.2 Å². The van der Waals surface area contributed by atoms with Crippen molar-refractivity contribution in [2.24, 2.45) is 4.99 Å². The third kappa shape index (κ3) is 6.54. The van der Waals surface area contributed by atoms with Crippen LogP contribution in [0.5, 0.6) is 0 Å². The topological polar surface area (TPSA) is 71.7 Å². The zero-order valence-electron chi connectivity index (χ0n) is 14.7. The summed E-state index contributed by atoms with van der Waals surface area (Å²) in [6.45, 7) is 7.37. The van der Waals surface area contributed by atoms with Crippen LogP contribution in [0.15, 0.2) is 39.9 Å². The van der Waals surface area contributed by atoms with E-state index in [4.69, 9.17) is 9.15 Å². The van der Waals surface area contributed by atoms with Gasteiger partial charge in [-0.05, 0) is 38.1 Å². The smallest absolute Gasteiger partial charge is 0.226 e. The van der Waals surface area contributed by atoms with Gasteiger partial charge in [-0.2, -0.15) is 0 Å². The van der Waals surface area contributed by atoms with E-state index in [-0.39, 0.29) is 5.82 Å². The number of aliphatic imine (C=N–C) groups is 1. The number of hydrogen-bond acceptors (Lipinski definition) is 4. The molecule has 0 aliphatic heterocycles. The van der Waals surface area contributed by atoms with Gasteiger partial charge in [-0.3, -0.25) is 4.99 Å². The van der Waals surface area contributed by atoms with E-state index in [0.717, 1.165) is 23.8 Å². The monoisotopic (exact) mass is 348 g/mol. The fourth-order valence-electron chi connectivity index (χ4n) is 2.16. The number of halogens is 1. The van der Waals surface area contributed by atoms with Gasteiger partial charge < -0.3 is 19.8 Å². The van der Waals surface area contributed by atoms with Crippen LogP contribution in [0.4, 0.5) is 4.39 Å². The summed E-state index contributed by atoms with van der Waals surface area (Å²) in [6, 6.07) is 6.08. The Morgan fingerprint density at radius 1 is 1.24 bits per heavy atom. The molecule has 0 fully saturated rings. The van der Waals surface area contributed by atoms with Gasteiger partial charge in [0.05, 0.1) is 18.8 Å². The Balaban J connectivity index is 1.82. The number of hydrogen-bond donors (Lipinski definition) is 2. The van der Waals surface area contributed by atoms with Crippen LogP contribution < -0.4 is 10.6 Å². The average molecular weight is 348 g/mol. The maximum atomic E-state index is 13.0. The number of benzene rings is 1. The molecule has 2 aromatic rings. The zero-order valence-corrected chi connectivity index (χ0v) is 14.7. The number of rotatable bonds is 9. The third-order valence-corrected chi connectivity index (χ3v) is 3.37. The van der Waals surface area contributed by atoms with Gasteiger partial charge in [-0.15, -0.1) is 0 Å². The largest absolute Gasteiger partial charge is 0.444 e. The highest BCUT2D eigenvalue weighted by atomic mass is 19.1. The maximum Gasteiger partial charge on any atom is 0.226 e. The molecule has 7 heteroatoms. The lowest BCUT2D eigenvalue weighted by atomic mass is 10.2. The molecule has 0 spiro atoms. The molecule has 0 unspecified atom stereocenters. The molecule has 0 atom stereocenters. The first-order valence-electron chi connectivity index (χ1n) is 8.53. The molecule has 2 N–H and O–H groups in total. The van der Waals surface area contributed by atoms with E-state index in [1.807, 2.05) is 13.8 Å². The summed E-state index contributed by atoms with van der Waals surface area (Å²) in [7, 11) is 0. The lowest BCUT2D eigenvalue weighted by molar-refractivity contribution is 0.155. The van der Waals surface area contributed by atoms with E-state index in [1.165, 1.54) is 12.1 Å². The van der Waals surface area contributed by atoms with Gasteiger partial charge >= 0.3 is 0 Å². The van der Waals surface area contributed by atoms with Crippen LogP contribution in [0.1, 0.15) is 19.5 Å². The summed E-state index contributed by atoms with van der Waals surface area (Å²) in [5.74, 6) is 0.969. The van der Waals surface area contributed by atoms with E-state index in [1.54, 1.807) is 18.4 Å². The van der Waals surface area contributed by atoms with Crippen molar-refractivity contribution < 1.29 is 13.5 Å².